The van der Waals surface area contributed by atoms with Crippen LogP contribution < -0.4 is 4.74 Å². The van der Waals surface area contributed by atoms with Crippen LogP contribution in [0.2, 0.25) is 0 Å². The Balaban J connectivity index is 1.87. The van der Waals surface area contributed by atoms with Crippen molar-refractivity contribution >= 4 is 5.97 Å². The van der Waals surface area contributed by atoms with Crippen LogP contribution in [0.3, 0.4) is 0 Å². The first-order valence-electron chi connectivity index (χ1n) is 7.58. The Morgan fingerprint density at radius 2 is 1.50 bits per heavy atom. The molecule has 116 valence electrons. The number of benzene rings is 2. The molecule has 0 aliphatic heterocycles. The maximum absolute atomic E-state index is 11.4. The summed E-state index contributed by atoms with van der Waals surface area (Å²) in [6, 6.07) is 17.9. The predicted molar refractivity (Wildman–Crippen MR) is 87.2 cm³/mol. The van der Waals surface area contributed by atoms with E-state index in [4.69, 9.17) is 4.74 Å². The van der Waals surface area contributed by atoms with Gasteiger partial charge in [0.15, 0.2) is 0 Å². The van der Waals surface area contributed by atoms with Crippen LogP contribution in [0.15, 0.2) is 54.6 Å². The number of ether oxygens (including phenoxy) is 1. The van der Waals surface area contributed by atoms with Gasteiger partial charge in [-0.15, -0.1) is 0 Å². The van der Waals surface area contributed by atoms with Crippen molar-refractivity contribution in [3.8, 4) is 5.75 Å². The number of aliphatic carboxylic acids is 1. The number of carboxylic acids is 1. The summed E-state index contributed by atoms with van der Waals surface area (Å²) in [7, 11) is 1.64. The predicted octanol–water partition coefficient (Wildman–Crippen LogP) is 3.96. The second kappa shape index (κ2) is 8.23. The van der Waals surface area contributed by atoms with E-state index in [2.05, 4.69) is 0 Å². The van der Waals surface area contributed by atoms with Gasteiger partial charge in [0.25, 0.3) is 0 Å². The minimum atomic E-state index is -0.704. The molecule has 2 aromatic carbocycles. The van der Waals surface area contributed by atoms with E-state index < -0.39 is 5.97 Å². The van der Waals surface area contributed by atoms with Crippen molar-refractivity contribution in [2.75, 3.05) is 7.11 Å². The molecule has 1 unspecified atom stereocenters. The summed E-state index contributed by atoms with van der Waals surface area (Å²) >= 11 is 0. The van der Waals surface area contributed by atoms with Gasteiger partial charge < -0.3 is 9.84 Å². The molecule has 0 heterocycles. The lowest BCUT2D eigenvalue weighted by molar-refractivity contribution is -0.142. The van der Waals surface area contributed by atoms with Crippen molar-refractivity contribution in [3.05, 3.63) is 65.7 Å². The highest BCUT2D eigenvalue weighted by atomic mass is 16.5. The molecule has 0 aliphatic rings. The Morgan fingerprint density at radius 1 is 0.955 bits per heavy atom. The van der Waals surface area contributed by atoms with Crippen LogP contribution in [-0.4, -0.2) is 18.2 Å². The van der Waals surface area contributed by atoms with Crippen molar-refractivity contribution in [1.29, 1.82) is 0 Å². The van der Waals surface area contributed by atoms with Crippen molar-refractivity contribution in [2.24, 2.45) is 5.92 Å². The van der Waals surface area contributed by atoms with Crippen molar-refractivity contribution < 1.29 is 14.6 Å². The van der Waals surface area contributed by atoms with Gasteiger partial charge >= 0.3 is 5.97 Å². The zero-order valence-corrected chi connectivity index (χ0v) is 12.9. The minimum Gasteiger partial charge on any atom is -0.497 e. The fourth-order valence-electron chi connectivity index (χ4n) is 2.51. The lowest BCUT2D eigenvalue weighted by Gasteiger charge is -2.12. The maximum Gasteiger partial charge on any atom is 0.306 e. The van der Waals surface area contributed by atoms with Gasteiger partial charge in [-0.3, -0.25) is 4.79 Å². The number of rotatable bonds is 8. The van der Waals surface area contributed by atoms with Crippen LogP contribution in [0, 0.1) is 5.92 Å². The van der Waals surface area contributed by atoms with E-state index >= 15 is 0 Å². The second-order valence-corrected chi connectivity index (χ2v) is 5.45. The van der Waals surface area contributed by atoms with Gasteiger partial charge in [0.2, 0.25) is 0 Å². The second-order valence-electron chi connectivity index (χ2n) is 5.45. The van der Waals surface area contributed by atoms with Crippen LogP contribution in [-0.2, 0) is 17.6 Å². The van der Waals surface area contributed by atoms with Gasteiger partial charge in [-0.05, 0) is 48.9 Å². The molecule has 22 heavy (non-hydrogen) atoms. The fourth-order valence-corrected chi connectivity index (χ4v) is 2.51. The van der Waals surface area contributed by atoms with E-state index in [9.17, 15) is 9.90 Å². The van der Waals surface area contributed by atoms with Gasteiger partial charge in [-0.2, -0.15) is 0 Å². The van der Waals surface area contributed by atoms with Gasteiger partial charge in [0, 0.05) is 0 Å². The first kappa shape index (κ1) is 16.1. The number of methoxy groups -OCH3 is 1. The molecule has 3 nitrogen and oxygen atoms in total. The van der Waals surface area contributed by atoms with Crippen LogP contribution in [0.1, 0.15) is 24.0 Å². The van der Waals surface area contributed by atoms with E-state index in [0.717, 1.165) is 24.2 Å². The Labute approximate surface area is 131 Å². The first-order valence-corrected chi connectivity index (χ1v) is 7.58. The standard InChI is InChI=1S/C19H22O3/c1-22-18-13-9-16(10-14-18)8-12-17(19(20)21)11-7-15-5-3-2-4-6-15/h2-6,9-10,13-14,17H,7-8,11-12H2,1H3,(H,20,21). The average Bonchev–Trinajstić information content (AvgIpc) is 2.56. The van der Waals surface area contributed by atoms with Gasteiger partial charge in [-0.25, -0.2) is 0 Å². The van der Waals surface area contributed by atoms with Crippen molar-refractivity contribution in [2.45, 2.75) is 25.7 Å². The van der Waals surface area contributed by atoms with Gasteiger partial charge in [-0.1, -0.05) is 42.5 Å². The molecule has 0 spiro atoms. The van der Waals surface area contributed by atoms with E-state index in [1.165, 1.54) is 5.56 Å². The minimum absolute atomic E-state index is 0.303. The smallest absolute Gasteiger partial charge is 0.306 e. The quantitative estimate of drug-likeness (QED) is 0.802. The summed E-state index contributed by atoms with van der Waals surface area (Å²) < 4.78 is 5.13. The maximum atomic E-state index is 11.4. The summed E-state index contributed by atoms with van der Waals surface area (Å²) in [6.07, 6.45) is 2.92. The van der Waals surface area contributed by atoms with E-state index in [1.807, 2.05) is 54.6 Å². The summed E-state index contributed by atoms with van der Waals surface area (Å²) in [4.78, 5) is 11.4. The largest absolute Gasteiger partial charge is 0.497 e. The first-order chi connectivity index (χ1) is 10.7. The highest BCUT2D eigenvalue weighted by molar-refractivity contribution is 5.70. The third kappa shape index (κ3) is 4.92. The fraction of sp³-hybridized carbons (Fsp3) is 0.316. The Morgan fingerprint density at radius 3 is 2.00 bits per heavy atom. The Bertz CT molecular complexity index is 575. The molecular weight excluding hydrogens is 276 g/mol. The molecule has 2 rings (SSSR count). The van der Waals surface area contributed by atoms with Crippen molar-refractivity contribution in [3.63, 3.8) is 0 Å². The lowest BCUT2D eigenvalue weighted by atomic mass is 9.93. The topological polar surface area (TPSA) is 46.5 Å². The summed E-state index contributed by atoms with van der Waals surface area (Å²) in [5.41, 5.74) is 2.34. The molecule has 0 amide bonds. The number of carboxylic acid groups (broad SMARTS) is 1. The summed E-state index contributed by atoms with van der Waals surface area (Å²) in [6.45, 7) is 0. The highest BCUT2D eigenvalue weighted by Crippen LogP contribution is 2.18. The zero-order chi connectivity index (χ0) is 15.8. The number of hydrogen-bond acceptors (Lipinski definition) is 2. The number of hydrogen-bond donors (Lipinski definition) is 1. The number of aryl methyl sites for hydroxylation is 2. The van der Waals surface area contributed by atoms with E-state index in [1.54, 1.807) is 7.11 Å². The van der Waals surface area contributed by atoms with Crippen LogP contribution in [0.25, 0.3) is 0 Å². The monoisotopic (exact) mass is 298 g/mol. The van der Waals surface area contributed by atoms with Crippen LogP contribution in [0.4, 0.5) is 0 Å². The van der Waals surface area contributed by atoms with Crippen LogP contribution in [0.5, 0.6) is 5.75 Å². The third-order valence-electron chi connectivity index (χ3n) is 3.91. The molecule has 2 aromatic rings. The lowest BCUT2D eigenvalue weighted by Crippen LogP contribution is -2.15. The molecule has 1 N–H and O–H groups in total. The zero-order valence-electron chi connectivity index (χ0n) is 12.9. The molecule has 0 bridgehead atoms. The van der Waals surface area contributed by atoms with Gasteiger partial charge in [0.1, 0.15) is 5.75 Å². The van der Waals surface area contributed by atoms with E-state index in [0.29, 0.717) is 12.8 Å². The van der Waals surface area contributed by atoms with E-state index in [-0.39, 0.29) is 5.92 Å². The van der Waals surface area contributed by atoms with Crippen molar-refractivity contribution in [1.82, 2.24) is 0 Å². The average molecular weight is 298 g/mol. The summed E-state index contributed by atoms with van der Waals surface area (Å²) in [5, 5.41) is 9.39. The normalized spacial score (nSPS) is 11.9. The summed E-state index contributed by atoms with van der Waals surface area (Å²) in [5.74, 6) is -0.186. The SMILES string of the molecule is COc1ccc(CCC(CCc2ccccc2)C(=O)O)cc1. The molecule has 0 aromatic heterocycles. The highest BCUT2D eigenvalue weighted by Gasteiger charge is 2.17. The molecule has 0 aliphatic carbocycles. The molecular formula is C19H22O3. The van der Waals surface area contributed by atoms with Crippen LogP contribution >= 0.6 is 0 Å². The molecule has 0 saturated heterocycles. The molecule has 3 heteroatoms. The molecule has 0 radical (unpaired) electrons. The number of carbonyl (C=O) groups is 1. The Kier molecular flexibility index (Phi) is 6.01. The molecule has 0 fully saturated rings. The molecule has 0 saturated carbocycles. The van der Waals surface area contributed by atoms with Gasteiger partial charge in [0.05, 0.1) is 13.0 Å². The molecule has 1 atom stereocenters. The third-order valence-corrected chi connectivity index (χ3v) is 3.91. The Hall–Kier alpha value is -2.29.